The van der Waals surface area contributed by atoms with Gasteiger partial charge in [0.2, 0.25) is 0 Å². The van der Waals surface area contributed by atoms with E-state index in [0.29, 0.717) is 18.7 Å². The molecule has 2 atom stereocenters. The minimum Gasteiger partial charge on any atom is -0.395 e. The van der Waals surface area contributed by atoms with E-state index in [9.17, 15) is 5.11 Å². The molecule has 0 aliphatic carbocycles. The first-order valence-electron chi connectivity index (χ1n) is 8.39. The second-order valence-electron chi connectivity index (χ2n) is 6.22. The number of aryl methyl sites for hydroxylation is 1. The lowest BCUT2D eigenvalue weighted by molar-refractivity contribution is 0.154. The van der Waals surface area contributed by atoms with Crippen LogP contribution >= 0.6 is 0 Å². The van der Waals surface area contributed by atoms with E-state index in [0.717, 1.165) is 38.9 Å². The Labute approximate surface area is 129 Å². The summed E-state index contributed by atoms with van der Waals surface area (Å²) in [4.78, 5) is 2.45. The maximum Gasteiger partial charge on any atom is 0.0586 e. The molecule has 1 aromatic rings. The fourth-order valence-corrected chi connectivity index (χ4v) is 3.20. The molecule has 0 radical (unpaired) electrons. The second kappa shape index (κ2) is 8.52. The lowest BCUT2D eigenvalue weighted by Gasteiger charge is -2.26. The molecule has 0 bridgehead atoms. The molecule has 1 aliphatic rings. The van der Waals surface area contributed by atoms with Crippen LogP contribution in [0.5, 0.6) is 0 Å². The summed E-state index contributed by atoms with van der Waals surface area (Å²) in [5.41, 5.74) is 2.70. The normalized spacial score (nSPS) is 20.8. The molecular weight excluding hydrogens is 260 g/mol. The van der Waals surface area contributed by atoms with Crippen LogP contribution in [0.2, 0.25) is 0 Å². The fourth-order valence-electron chi connectivity index (χ4n) is 3.20. The SMILES string of the molecule is CCCNC(CCN1CCCC1CO)c1ccc(C)cc1. The first kappa shape index (κ1) is 16.5. The van der Waals surface area contributed by atoms with E-state index < -0.39 is 0 Å². The molecule has 3 nitrogen and oxygen atoms in total. The summed E-state index contributed by atoms with van der Waals surface area (Å²) in [5.74, 6) is 0. The highest BCUT2D eigenvalue weighted by Crippen LogP contribution is 2.22. The molecule has 1 aromatic carbocycles. The van der Waals surface area contributed by atoms with Crippen LogP contribution in [0.25, 0.3) is 0 Å². The molecule has 2 unspecified atom stereocenters. The maximum absolute atomic E-state index is 9.43. The summed E-state index contributed by atoms with van der Waals surface area (Å²) in [5, 5.41) is 13.1. The van der Waals surface area contributed by atoms with Crippen molar-refractivity contribution in [2.75, 3.05) is 26.2 Å². The van der Waals surface area contributed by atoms with Crippen molar-refractivity contribution in [2.45, 2.75) is 51.6 Å². The second-order valence-corrected chi connectivity index (χ2v) is 6.22. The average Bonchev–Trinajstić information content (AvgIpc) is 2.96. The van der Waals surface area contributed by atoms with Crippen molar-refractivity contribution >= 4 is 0 Å². The summed E-state index contributed by atoms with van der Waals surface area (Å²) < 4.78 is 0. The van der Waals surface area contributed by atoms with Crippen molar-refractivity contribution in [1.82, 2.24) is 10.2 Å². The van der Waals surface area contributed by atoms with Gasteiger partial charge in [-0.3, -0.25) is 4.90 Å². The van der Waals surface area contributed by atoms with Gasteiger partial charge in [0.05, 0.1) is 6.61 Å². The number of likely N-dealkylation sites (tertiary alicyclic amines) is 1. The Hall–Kier alpha value is -0.900. The molecule has 1 fully saturated rings. The number of aliphatic hydroxyl groups excluding tert-OH is 1. The van der Waals surface area contributed by atoms with Gasteiger partial charge in [0.25, 0.3) is 0 Å². The Morgan fingerprint density at radius 1 is 1.33 bits per heavy atom. The van der Waals surface area contributed by atoms with E-state index in [4.69, 9.17) is 0 Å². The molecular formula is C18H30N2O. The Morgan fingerprint density at radius 2 is 2.10 bits per heavy atom. The molecule has 1 heterocycles. The highest BCUT2D eigenvalue weighted by atomic mass is 16.3. The van der Waals surface area contributed by atoms with Crippen molar-refractivity contribution in [3.8, 4) is 0 Å². The quantitative estimate of drug-likeness (QED) is 0.773. The van der Waals surface area contributed by atoms with E-state index >= 15 is 0 Å². The zero-order chi connectivity index (χ0) is 15.1. The zero-order valence-electron chi connectivity index (χ0n) is 13.5. The van der Waals surface area contributed by atoms with Gasteiger partial charge in [0.15, 0.2) is 0 Å². The highest BCUT2D eigenvalue weighted by molar-refractivity contribution is 5.24. The Morgan fingerprint density at radius 3 is 2.76 bits per heavy atom. The topological polar surface area (TPSA) is 35.5 Å². The van der Waals surface area contributed by atoms with Crippen LogP contribution in [0.1, 0.15) is 49.8 Å². The number of hydrogen-bond acceptors (Lipinski definition) is 3. The first-order chi connectivity index (χ1) is 10.2. The van der Waals surface area contributed by atoms with Gasteiger partial charge in [-0.25, -0.2) is 0 Å². The molecule has 1 aliphatic heterocycles. The molecule has 118 valence electrons. The van der Waals surface area contributed by atoms with Crippen LogP contribution in [-0.4, -0.2) is 42.3 Å². The maximum atomic E-state index is 9.43. The smallest absolute Gasteiger partial charge is 0.0586 e. The van der Waals surface area contributed by atoms with Gasteiger partial charge in [-0.05, 0) is 51.3 Å². The molecule has 1 saturated heterocycles. The van der Waals surface area contributed by atoms with E-state index in [-0.39, 0.29) is 0 Å². The third kappa shape index (κ3) is 4.80. The van der Waals surface area contributed by atoms with Crippen molar-refractivity contribution in [3.63, 3.8) is 0 Å². The van der Waals surface area contributed by atoms with Crippen LogP contribution in [0.3, 0.4) is 0 Å². The van der Waals surface area contributed by atoms with E-state index in [1.807, 2.05) is 0 Å². The molecule has 0 amide bonds. The largest absolute Gasteiger partial charge is 0.395 e. The lowest BCUT2D eigenvalue weighted by atomic mass is 10.0. The number of aliphatic hydroxyl groups is 1. The van der Waals surface area contributed by atoms with Crippen molar-refractivity contribution in [1.29, 1.82) is 0 Å². The lowest BCUT2D eigenvalue weighted by Crippen LogP contribution is -2.35. The number of rotatable bonds is 8. The van der Waals surface area contributed by atoms with Gasteiger partial charge in [0, 0.05) is 18.6 Å². The van der Waals surface area contributed by atoms with Gasteiger partial charge in [-0.15, -0.1) is 0 Å². The molecule has 0 spiro atoms. The minimum atomic E-state index is 0.303. The molecule has 21 heavy (non-hydrogen) atoms. The van der Waals surface area contributed by atoms with E-state index in [2.05, 4.69) is 48.3 Å². The first-order valence-corrected chi connectivity index (χ1v) is 8.39. The van der Waals surface area contributed by atoms with Crippen LogP contribution in [0.15, 0.2) is 24.3 Å². The number of nitrogens with zero attached hydrogens (tertiary/aromatic N) is 1. The number of benzene rings is 1. The standard InChI is InChI=1S/C18H30N2O/c1-3-11-19-18(16-8-6-15(2)7-9-16)10-13-20-12-4-5-17(20)14-21/h6-9,17-19,21H,3-5,10-14H2,1-2H3. The van der Waals surface area contributed by atoms with Gasteiger partial charge in [-0.2, -0.15) is 0 Å². The Bertz CT molecular complexity index is 404. The van der Waals surface area contributed by atoms with Crippen LogP contribution in [0.4, 0.5) is 0 Å². The van der Waals surface area contributed by atoms with E-state index in [1.165, 1.54) is 17.5 Å². The summed E-state index contributed by atoms with van der Waals surface area (Å²) in [6, 6.07) is 9.69. The molecule has 2 N–H and O–H groups in total. The van der Waals surface area contributed by atoms with Gasteiger partial charge < -0.3 is 10.4 Å². The predicted octanol–water partition coefficient (Wildman–Crippen LogP) is 2.88. The van der Waals surface area contributed by atoms with Gasteiger partial charge >= 0.3 is 0 Å². The highest BCUT2D eigenvalue weighted by Gasteiger charge is 2.24. The van der Waals surface area contributed by atoms with Crippen LogP contribution in [-0.2, 0) is 0 Å². The van der Waals surface area contributed by atoms with Crippen LogP contribution < -0.4 is 5.32 Å². The van der Waals surface area contributed by atoms with Crippen molar-refractivity contribution < 1.29 is 5.11 Å². The van der Waals surface area contributed by atoms with Crippen molar-refractivity contribution in [3.05, 3.63) is 35.4 Å². The zero-order valence-corrected chi connectivity index (χ0v) is 13.5. The average molecular weight is 290 g/mol. The number of nitrogens with one attached hydrogen (secondary N) is 1. The minimum absolute atomic E-state index is 0.303. The summed E-state index contributed by atoms with van der Waals surface area (Å²) in [6.45, 7) is 7.91. The molecule has 0 saturated carbocycles. The Balaban J connectivity index is 1.94. The molecule has 3 heteroatoms. The van der Waals surface area contributed by atoms with Gasteiger partial charge in [-0.1, -0.05) is 36.8 Å². The third-order valence-electron chi connectivity index (χ3n) is 4.54. The predicted molar refractivity (Wildman–Crippen MR) is 88.5 cm³/mol. The Kier molecular flexibility index (Phi) is 6.68. The fraction of sp³-hybridized carbons (Fsp3) is 0.667. The summed E-state index contributed by atoms with van der Waals surface area (Å²) in [7, 11) is 0. The number of hydrogen-bond donors (Lipinski definition) is 2. The summed E-state index contributed by atoms with van der Waals surface area (Å²) in [6.07, 6.45) is 4.64. The molecule has 0 aromatic heterocycles. The van der Waals surface area contributed by atoms with E-state index in [1.54, 1.807) is 0 Å². The van der Waals surface area contributed by atoms with Crippen molar-refractivity contribution in [2.24, 2.45) is 0 Å². The third-order valence-corrected chi connectivity index (χ3v) is 4.54. The summed E-state index contributed by atoms with van der Waals surface area (Å²) >= 11 is 0. The molecule has 2 rings (SSSR count). The van der Waals surface area contributed by atoms with Gasteiger partial charge in [0.1, 0.15) is 0 Å². The van der Waals surface area contributed by atoms with Crippen LogP contribution in [0, 0.1) is 6.92 Å². The monoisotopic (exact) mass is 290 g/mol.